The second-order valence-electron chi connectivity index (χ2n) is 4.89. The van der Waals surface area contributed by atoms with E-state index in [1.54, 1.807) is 0 Å². The SMILES string of the molecule is CC1CC(c2ccccc2)CN1c1ncccn1. The summed E-state index contributed by atoms with van der Waals surface area (Å²) in [4.78, 5) is 11.0. The van der Waals surface area contributed by atoms with Crippen LogP contribution in [0.1, 0.15) is 24.8 Å². The molecule has 1 saturated heterocycles. The van der Waals surface area contributed by atoms with Crippen molar-refractivity contribution in [2.45, 2.75) is 25.3 Å². The lowest BCUT2D eigenvalue weighted by molar-refractivity contribution is 0.693. The highest BCUT2D eigenvalue weighted by Gasteiger charge is 2.31. The molecule has 2 heterocycles. The summed E-state index contributed by atoms with van der Waals surface area (Å²) < 4.78 is 0. The van der Waals surface area contributed by atoms with Gasteiger partial charge in [0.05, 0.1) is 0 Å². The molecule has 0 aliphatic carbocycles. The second kappa shape index (κ2) is 4.77. The smallest absolute Gasteiger partial charge is 0.225 e. The molecule has 18 heavy (non-hydrogen) atoms. The van der Waals surface area contributed by atoms with Crippen LogP contribution >= 0.6 is 0 Å². The molecule has 0 spiro atoms. The van der Waals surface area contributed by atoms with Crippen LogP contribution in [0.15, 0.2) is 48.8 Å². The first-order valence-corrected chi connectivity index (χ1v) is 6.43. The van der Waals surface area contributed by atoms with Crippen molar-refractivity contribution in [3.63, 3.8) is 0 Å². The van der Waals surface area contributed by atoms with Gasteiger partial charge in [-0.15, -0.1) is 0 Å². The summed E-state index contributed by atoms with van der Waals surface area (Å²) in [6, 6.07) is 13.1. The van der Waals surface area contributed by atoms with Crippen LogP contribution in [0.3, 0.4) is 0 Å². The van der Waals surface area contributed by atoms with Gasteiger partial charge >= 0.3 is 0 Å². The first-order chi connectivity index (χ1) is 8.84. The van der Waals surface area contributed by atoms with Crippen molar-refractivity contribution in [3.05, 3.63) is 54.4 Å². The van der Waals surface area contributed by atoms with Crippen molar-refractivity contribution in [3.8, 4) is 0 Å². The lowest BCUT2D eigenvalue weighted by atomic mass is 9.97. The number of hydrogen-bond donors (Lipinski definition) is 0. The highest BCUT2D eigenvalue weighted by atomic mass is 15.3. The molecule has 0 radical (unpaired) electrons. The van der Waals surface area contributed by atoms with Gasteiger partial charge in [0.2, 0.25) is 5.95 Å². The number of anilines is 1. The molecule has 1 aromatic heterocycles. The molecular formula is C15H17N3. The van der Waals surface area contributed by atoms with Crippen molar-refractivity contribution in [1.82, 2.24) is 9.97 Å². The zero-order valence-corrected chi connectivity index (χ0v) is 10.5. The first-order valence-electron chi connectivity index (χ1n) is 6.43. The van der Waals surface area contributed by atoms with Crippen molar-refractivity contribution in [2.75, 3.05) is 11.4 Å². The normalized spacial score (nSPS) is 23.3. The lowest BCUT2D eigenvalue weighted by Gasteiger charge is -2.20. The number of nitrogens with zero attached hydrogens (tertiary/aromatic N) is 3. The van der Waals surface area contributed by atoms with Crippen molar-refractivity contribution < 1.29 is 0 Å². The van der Waals surface area contributed by atoms with E-state index in [4.69, 9.17) is 0 Å². The molecule has 0 saturated carbocycles. The summed E-state index contributed by atoms with van der Waals surface area (Å²) >= 11 is 0. The van der Waals surface area contributed by atoms with Crippen molar-refractivity contribution in [1.29, 1.82) is 0 Å². The molecule has 1 fully saturated rings. The number of hydrogen-bond acceptors (Lipinski definition) is 3. The van der Waals surface area contributed by atoms with Crippen LogP contribution in [0.4, 0.5) is 5.95 Å². The fraction of sp³-hybridized carbons (Fsp3) is 0.333. The van der Waals surface area contributed by atoms with E-state index < -0.39 is 0 Å². The predicted molar refractivity (Wildman–Crippen MR) is 72.6 cm³/mol. The zero-order valence-electron chi connectivity index (χ0n) is 10.5. The highest BCUT2D eigenvalue weighted by Crippen LogP contribution is 2.33. The Morgan fingerprint density at radius 3 is 2.50 bits per heavy atom. The van der Waals surface area contributed by atoms with Crippen LogP contribution in [0.5, 0.6) is 0 Å². The number of aromatic nitrogens is 2. The lowest BCUT2D eigenvalue weighted by Crippen LogP contribution is -2.28. The minimum absolute atomic E-state index is 0.498. The molecule has 3 heteroatoms. The van der Waals surface area contributed by atoms with Crippen molar-refractivity contribution >= 4 is 5.95 Å². The van der Waals surface area contributed by atoms with E-state index >= 15 is 0 Å². The highest BCUT2D eigenvalue weighted by molar-refractivity contribution is 5.36. The van der Waals surface area contributed by atoms with Gasteiger partial charge in [-0.2, -0.15) is 0 Å². The Labute approximate surface area is 108 Å². The van der Waals surface area contributed by atoms with E-state index in [1.807, 2.05) is 18.5 Å². The maximum absolute atomic E-state index is 4.35. The van der Waals surface area contributed by atoms with Gasteiger partial charge in [-0.3, -0.25) is 0 Å². The molecule has 2 aromatic rings. The maximum Gasteiger partial charge on any atom is 0.225 e. The van der Waals surface area contributed by atoms with Gasteiger partial charge in [0, 0.05) is 30.9 Å². The Morgan fingerprint density at radius 2 is 1.78 bits per heavy atom. The van der Waals surface area contributed by atoms with Gasteiger partial charge in [-0.05, 0) is 25.0 Å². The molecule has 0 amide bonds. The fourth-order valence-electron chi connectivity index (χ4n) is 2.72. The standard InChI is InChI=1S/C15H17N3/c1-12-10-14(13-6-3-2-4-7-13)11-18(12)15-16-8-5-9-17-15/h2-9,12,14H,10-11H2,1H3. The van der Waals surface area contributed by atoms with Crippen LogP contribution in [0, 0.1) is 0 Å². The van der Waals surface area contributed by atoms with Gasteiger partial charge in [0.25, 0.3) is 0 Å². The molecule has 1 aliphatic heterocycles. The summed E-state index contributed by atoms with van der Waals surface area (Å²) in [6.07, 6.45) is 4.79. The van der Waals surface area contributed by atoms with Gasteiger partial charge in [0.1, 0.15) is 0 Å². The monoisotopic (exact) mass is 239 g/mol. The average molecular weight is 239 g/mol. The minimum Gasteiger partial charge on any atom is -0.337 e. The predicted octanol–water partition coefficient (Wildman–Crippen LogP) is 2.86. The van der Waals surface area contributed by atoms with Gasteiger partial charge in [-0.25, -0.2) is 9.97 Å². The van der Waals surface area contributed by atoms with E-state index in [-0.39, 0.29) is 0 Å². The summed E-state index contributed by atoms with van der Waals surface area (Å²) in [5.74, 6) is 1.44. The second-order valence-corrected chi connectivity index (χ2v) is 4.89. The molecule has 0 bridgehead atoms. The van der Waals surface area contributed by atoms with Gasteiger partial charge in [-0.1, -0.05) is 30.3 Å². The molecule has 2 atom stereocenters. The Hall–Kier alpha value is -1.90. The molecule has 3 rings (SSSR count). The Kier molecular flexibility index (Phi) is 2.97. The van der Waals surface area contributed by atoms with Crippen molar-refractivity contribution in [2.24, 2.45) is 0 Å². The quantitative estimate of drug-likeness (QED) is 0.807. The molecule has 2 unspecified atom stereocenters. The summed E-state index contributed by atoms with van der Waals surface area (Å²) in [5, 5.41) is 0. The Bertz CT molecular complexity index is 498. The third kappa shape index (κ3) is 2.08. The topological polar surface area (TPSA) is 29.0 Å². The molecule has 3 nitrogen and oxygen atoms in total. The summed E-state index contributed by atoms with van der Waals surface area (Å²) in [6.45, 7) is 3.26. The zero-order chi connectivity index (χ0) is 12.4. The minimum atomic E-state index is 0.498. The van der Waals surface area contributed by atoms with Crippen LogP contribution < -0.4 is 4.90 Å². The molecule has 92 valence electrons. The fourth-order valence-corrected chi connectivity index (χ4v) is 2.72. The maximum atomic E-state index is 4.35. The van der Waals surface area contributed by atoms with E-state index in [0.29, 0.717) is 12.0 Å². The van der Waals surface area contributed by atoms with Crippen LogP contribution in [0.2, 0.25) is 0 Å². The summed E-state index contributed by atoms with van der Waals surface area (Å²) in [5.41, 5.74) is 1.42. The van der Waals surface area contributed by atoms with Gasteiger partial charge < -0.3 is 4.90 Å². The largest absolute Gasteiger partial charge is 0.337 e. The number of benzene rings is 1. The van der Waals surface area contributed by atoms with Gasteiger partial charge in [0.15, 0.2) is 0 Å². The Balaban J connectivity index is 1.81. The van der Waals surface area contributed by atoms with E-state index in [9.17, 15) is 0 Å². The van der Waals surface area contributed by atoms with E-state index in [2.05, 4.69) is 52.1 Å². The number of rotatable bonds is 2. The average Bonchev–Trinajstić information content (AvgIpc) is 2.83. The van der Waals surface area contributed by atoms with Crippen LogP contribution in [0.25, 0.3) is 0 Å². The van der Waals surface area contributed by atoms with E-state index in [0.717, 1.165) is 12.5 Å². The molecule has 0 N–H and O–H groups in total. The van der Waals surface area contributed by atoms with Crippen LogP contribution in [-0.2, 0) is 0 Å². The first kappa shape index (κ1) is 11.2. The van der Waals surface area contributed by atoms with E-state index in [1.165, 1.54) is 12.0 Å². The molecular weight excluding hydrogens is 222 g/mol. The third-order valence-electron chi connectivity index (χ3n) is 3.65. The summed E-state index contributed by atoms with van der Waals surface area (Å²) in [7, 11) is 0. The Morgan fingerprint density at radius 1 is 1.06 bits per heavy atom. The third-order valence-corrected chi connectivity index (χ3v) is 3.65. The van der Waals surface area contributed by atoms with Crippen LogP contribution in [-0.4, -0.2) is 22.6 Å². The molecule has 1 aromatic carbocycles. The molecule has 1 aliphatic rings.